The van der Waals surface area contributed by atoms with Gasteiger partial charge >= 0.3 is 0 Å². The number of nitrogens with one attached hydrogen (secondary N) is 2. The van der Waals surface area contributed by atoms with Gasteiger partial charge in [-0.3, -0.25) is 4.79 Å². The van der Waals surface area contributed by atoms with Gasteiger partial charge in [-0.05, 0) is 19.1 Å². The van der Waals surface area contributed by atoms with E-state index in [-0.39, 0.29) is 23.3 Å². The first kappa shape index (κ1) is 12.5. The van der Waals surface area contributed by atoms with Crippen LogP contribution in [0.4, 0.5) is 5.82 Å². The number of pyridine rings is 1. The third-order valence-corrected chi connectivity index (χ3v) is 3.12. The number of carbonyl (C=O) groups is 1. The summed E-state index contributed by atoms with van der Waals surface area (Å²) in [5, 5.41) is 23.0. The van der Waals surface area contributed by atoms with Gasteiger partial charge in [0.25, 0.3) is 5.91 Å². The Hall–Kier alpha value is -2.48. The van der Waals surface area contributed by atoms with Crippen LogP contribution in [0.15, 0.2) is 18.3 Å². The van der Waals surface area contributed by atoms with Crippen molar-refractivity contribution in [2.75, 3.05) is 18.4 Å². The van der Waals surface area contributed by atoms with E-state index in [1.807, 2.05) is 0 Å². The molecule has 3 N–H and O–H groups in total. The monoisotopic (exact) mass is 274 g/mol. The maximum absolute atomic E-state index is 12.0. The minimum absolute atomic E-state index is 0.0838. The Balaban J connectivity index is 1.75. The van der Waals surface area contributed by atoms with Crippen molar-refractivity contribution in [3.05, 3.63) is 29.7 Å². The molecule has 2 aromatic rings. The van der Waals surface area contributed by atoms with Crippen LogP contribution >= 0.6 is 0 Å². The zero-order chi connectivity index (χ0) is 14.1. The number of rotatable bonds is 3. The van der Waals surface area contributed by atoms with E-state index in [0.717, 1.165) is 13.1 Å². The van der Waals surface area contributed by atoms with E-state index in [4.69, 9.17) is 0 Å². The molecule has 8 nitrogen and oxygen atoms in total. The molecule has 1 fully saturated rings. The number of aromatic nitrogens is 4. The average molecular weight is 274 g/mol. The molecule has 3 rings (SSSR count). The zero-order valence-electron chi connectivity index (χ0n) is 10.9. The molecule has 0 saturated carbocycles. The largest absolute Gasteiger partial charge is 0.504 e. The second-order valence-electron chi connectivity index (χ2n) is 4.67. The van der Waals surface area contributed by atoms with Gasteiger partial charge in [-0.15, -0.1) is 5.10 Å². The summed E-state index contributed by atoms with van der Waals surface area (Å²) in [7, 11) is 0. The maximum Gasteiger partial charge on any atom is 0.279 e. The van der Waals surface area contributed by atoms with Crippen molar-refractivity contribution >= 4 is 11.7 Å². The summed E-state index contributed by atoms with van der Waals surface area (Å²) in [6.45, 7) is 3.42. The lowest BCUT2D eigenvalue weighted by Gasteiger charge is -2.26. The molecule has 0 radical (unpaired) electrons. The Kier molecular flexibility index (Phi) is 3.07. The minimum atomic E-state index is -0.447. The van der Waals surface area contributed by atoms with Gasteiger partial charge in [0.1, 0.15) is 0 Å². The first-order valence-electron chi connectivity index (χ1n) is 6.24. The van der Waals surface area contributed by atoms with Crippen molar-refractivity contribution in [1.29, 1.82) is 0 Å². The van der Waals surface area contributed by atoms with Crippen molar-refractivity contribution in [3.63, 3.8) is 0 Å². The second kappa shape index (κ2) is 4.89. The molecular weight excluding hydrogens is 260 g/mol. The maximum atomic E-state index is 12.0. The van der Waals surface area contributed by atoms with E-state index < -0.39 is 5.91 Å². The highest BCUT2D eigenvalue weighted by molar-refractivity contribution is 6.02. The number of nitrogens with zero attached hydrogens (tertiary/aromatic N) is 4. The normalized spacial score (nSPS) is 14.8. The Labute approximate surface area is 114 Å². The van der Waals surface area contributed by atoms with E-state index >= 15 is 0 Å². The molecule has 0 atom stereocenters. The van der Waals surface area contributed by atoms with Crippen LogP contribution in [-0.2, 0) is 0 Å². The quantitative estimate of drug-likeness (QED) is 0.732. The number of anilines is 1. The van der Waals surface area contributed by atoms with Crippen molar-refractivity contribution < 1.29 is 9.90 Å². The average Bonchev–Trinajstić information content (AvgIpc) is 2.81. The van der Waals surface area contributed by atoms with Crippen LogP contribution in [0.2, 0.25) is 0 Å². The molecule has 1 saturated heterocycles. The fourth-order valence-corrected chi connectivity index (χ4v) is 1.83. The molecule has 104 valence electrons. The third kappa shape index (κ3) is 2.32. The summed E-state index contributed by atoms with van der Waals surface area (Å²) in [4.78, 5) is 16.1. The summed E-state index contributed by atoms with van der Waals surface area (Å²) >= 11 is 0. The molecule has 0 aliphatic carbocycles. The van der Waals surface area contributed by atoms with E-state index in [9.17, 15) is 9.90 Å². The molecule has 0 spiro atoms. The van der Waals surface area contributed by atoms with Crippen molar-refractivity contribution in [2.24, 2.45) is 0 Å². The van der Waals surface area contributed by atoms with Crippen LogP contribution in [0.3, 0.4) is 0 Å². The molecule has 2 aromatic heterocycles. The number of carbonyl (C=O) groups excluding carboxylic acids is 1. The first-order chi connectivity index (χ1) is 9.63. The molecule has 8 heteroatoms. The van der Waals surface area contributed by atoms with Crippen LogP contribution < -0.4 is 10.6 Å². The van der Waals surface area contributed by atoms with Gasteiger partial charge in [-0.25, -0.2) is 9.67 Å². The summed E-state index contributed by atoms with van der Waals surface area (Å²) in [5.74, 6) is -0.411. The Morgan fingerprint density at radius 1 is 1.50 bits per heavy atom. The highest BCUT2D eigenvalue weighted by atomic mass is 16.3. The smallest absolute Gasteiger partial charge is 0.279 e. The predicted octanol–water partition coefficient (Wildman–Crippen LogP) is 0.0837. The van der Waals surface area contributed by atoms with Gasteiger partial charge in [0.15, 0.2) is 17.3 Å². The van der Waals surface area contributed by atoms with Crippen molar-refractivity contribution in [2.45, 2.75) is 13.0 Å². The zero-order valence-corrected chi connectivity index (χ0v) is 10.9. The summed E-state index contributed by atoms with van der Waals surface area (Å²) in [6, 6.07) is 3.38. The van der Waals surface area contributed by atoms with Gasteiger partial charge < -0.3 is 15.7 Å². The van der Waals surface area contributed by atoms with Crippen LogP contribution in [-0.4, -0.2) is 44.1 Å². The molecule has 3 heterocycles. The number of amides is 1. The molecular formula is C12H14N6O2. The van der Waals surface area contributed by atoms with Crippen LogP contribution in [0, 0.1) is 6.92 Å². The van der Waals surface area contributed by atoms with Crippen LogP contribution in [0.25, 0.3) is 0 Å². The fourth-order valence-electron chi connectivity index (χ4n) is 1.83. The Bertz CT molecular complexity index is 649. The minimum Gasteiger partial charge on any atom is -0.504 e. The van der Waals surface area contributed by atoms with Crippen LogP contribution in [0.5, 0.6) is 5.75 Å². The predicted molar refractivity (Wildman–Crippen MR) is 70.5 cm³/mol. The number of hydrogen-bond donors (Lipinski definition) is 3. The fraction of sp³-hybridized carbons (Fsp3) is 0.333. The van der Waals surface area contributed by atoms with Gasteiger partial charge in [-0.2, -0.15) is 0 Å². The Morgan fingerprint density at radius 2 is 2.30 bits per heavy atom. The van der Waals surface area contributed by atoms with E-state index in [0.29, 0.717) is 5.69 Å². The third-order valence-electron chi connectivity index (χ3n) is 3.12. The molecule has 1 aliphatic rings. The van der Waals surface area contributed by atoms with Crippen molar-refractivity contribution in [3.8, 4) is 5.75 Å². The number of aromatic hydroxyl groups is 1. The van der Waals surface area contributed by atoms with Gasteiger partial charge in [0.2, 0.25) is 0 Å². The summed E-state index contributed by atoms with van der Waals surface area (Å²) < 4.78 is 1.66. The molecule has 0 unspecified atom stereocenters. The lowest BCUT2D eigenvalue weighted by atomic mass is 10.2. The SMILES string of the molecule is Cc1ccc(O)c(NC(=O)c2cn(C3CNC3)nn2)n1. The van der Waals surface area contributed by atoms with Gasteiger partial charge in [0, 0.05) is 18.8 Å². The number of hydrogen-bond acceptors (Lipinski definition) is 6. The molecule has 0 aromatic carbocycles. The second-order valence-corrected chi connectivity index (χ2v) is 4.67. The highest BCUT2D eigenvalue weighted by Gasteiger charge is 2.22. The van der Waals surface area contributed by atoms with E-state index in [1.54, 1.807) is 23.9 Å². The number of aryl methyl sites for hydroxylation is 1. The molecule has 0 bridgehead atoms. The first-order valence-corrected chi connectivity index (χ1v) is 6.24. The molecule has 20 heavy (non-hydrogen) atoms. The van der Waals surface area contributed by atoms with Crippen LogP contribution in [0.1, 0.15) is 22.2 Å². The lowest BCUT2D eigenvalue weighted by Crippen LogP contribution is -2.43. The lowest BCUT2D eigenvalue weighted by molar-refractivity contribution is 0.102. The molecule has 1 aliphatic heterocycles. The summed E-state index contributed by atoms with van der Waals surface area (Å²) in [6.07, 6.45) is 1.59. The van der Waals surface area contributed by atoms with Crippen molar-refractivity contribution in [1.82, 2.24) is 25.3 Å². The highest BCUT2D eigenvalue weighted by Crippen LogP contribution is 2.20. The topological polar surface area (TPSA) is 105 Å². The van der Waals surface area contributed by atoms with Gasteiger partial charge in [0.05, 0.1) is 12.2 Å². The standard InChI is InChI=1S/C12H14N6O2/c1-7-2-3-10(19)11(14-7)15-12(20)9-6-18(17-16-9)8-4-13-5-8/h2-3,6,8,13,19H,4-5H2,1H3,(H,14,15,20). The van der Waals surface area contributed by atoms with E-state index in [1.165, 1.54) is 6.07 Å². The van der Waals surface area contributed by atoms with Gasteiger partial charge in [-0.1, -0.05) is 5.21 Å². The summed E-state index contributed by atoms with van der Waals surface area (Å²) in [5.41, 5.74) is 0.891. The van der Waals surface area contributed by atoms with E-state index in [2.05, 4.69) is 25.9 Å². The Morgan fingerprint density at radius 3 is 3.00 bits per heavy atom. The molecule has 1 amide bonds.